The zero-order chi connectivity index (χ0) is 27.7. The van der Waals surface area contributed by atoms with E-state index in [4.69, 9.17) is 4.74 Å². The van der Waals surface area contributed by atoms with E-state index >= 15 is 0 Å². The van der Waals surface area contributed by atoms with Gasteiger partial charge >= 0.3 is 6.09 Å². The number of likely N-dealkylation sites (tertiary alicyclic amines) is 1. The molecular weight excluding hydrogens is 486 g/mol. The van der Waals surface area contributed by atoms with Gasteiger partial charge in [-0.1, -0.05) is 6.42 Å². The summed E-state index contributed by atoms with van der Waals surface area (Å²) in [5.41, 5.74) is -0.494. The van der Waals surface area contributed by atoms with Gasteiger partial charge < -0.3 is 15.0 Å². The van der Waals surface area contributed by atoms with Crippen LogP contribution < -0.4 is 5.32 Å². The number of Topliss-reactive ketones (excluding diaryl/α,β-unsaturated/α-hetero) is 1. The molecule has 0 aromatic rings. The van der Waals surface area contributed by atoms with Crippen molar-refractivity contribution in [3.05, 3.63) is 12.2 Å². The molecule has 2 fully saturated rings. The number of imide groups is 1. The van der Waals surface area contributed by atoms with Gasteiger partial charge in [0.05, 0.1) is 0 Å². The Labute approximate surface area is 226 Å². The molecule has 1 saturated heterocycles. The topological polar surface area (TPSA) is 113 Å². The molecule has 9 heteroatoms. The average Bonchev–Trinajstić information content (AvgIpc) is 3.46. The molecule has 0 radical (unpaired) electrons. The molecule has 38 heavy (non-hydrogen) atoms. The minimum absolute atomic E-state index is 0.00207. The fraction of sp³-hybridized carbons (Fsp3) is 0.759. The van der Waals surface area contributed by atoms with Gasteiger partial charge in [0.15, 0.2) is 0 Å². The van der Waals surface area contributed by atoms with E-state index in [1.165, 1.54) is 17.1 Å². The standard InChI is InChI=1S/C29H45N3O6/c1-29(2,3)38-28(37)31-18-16-22(19-31)10-13-24(33)7-5-4-6-17-30-27(36)23-11-8-21(9-12-23)20-32-25(34)14-15-26(32)35/h14-15,21-23H,4-13,16-20H2,1-3H3,(H,30,36)/t21?,22-,23?/m0/s1. The van der Waals surface area contributed by atoms with Crippen LogP contribution in [0.4, 0.5) is 4.79 Å². The van der Waals surface area contributed by atoms with Crippen LogP contribution >= 0.6 is 0 Å². The van der Waals surface area contributed by atoms with Crippen LogP contribution in [0.15, 0.2) is 12.2 Å². The van der Waals surface area contributed by atoms with Gasteiger partial charge in [-0.3, -0.25) is 24.1 Å². The highest BCUT2D eigenvalue weighted by molar-refractivity contribution is 6.12. The third kappa shape index (κ3) is 9.55. The Bertz CT molecular complexity index is 882. The number of hydrogen-bond acceptors (Lipinski definition) is 6. The van der Waals surface area contributed by atoms with E-state index < -0.39 is 5.60 Å². The van der Waals surface area contributed by atoms with Gasteiger partial charge in [-0.25, -0.2) is 4.79 Å². The van der Waals surface area contributed by atoms with Crippen molar-refractivity contribution in [3.63, 3.8) is 0 Å². The second kappa shape index (κ2) is 13.9. The molecule has 3 aliphatic rings. The van der Waals surface area contributed by atoms with Crippen molar-refractivity contribution in [1.29, 1.82) is 0 Å². The SMILES string of the molecule is CC(C)(C)OC(=O)N1CC[C@H](CCC(=O)CCCCCNC(=O)C2CCC(CN3C(=O)C=CC3=O)CC2)C1. The quantitative estimate of drug-likeness (QED) is 0.301. The van der Waals surface area contributed by atoms with E-state index in [-0.39, 0.29) is 41.4 Å². The van der Waals surface area contributed by atoms with Crippen molar-refractivity contribution in [2.75, 3.05) is 26.2 Å². The second-order valence-electron chi connectivity index (χ2n) is 12.1. The minimum atomic E-state index is -0.494. The molecule has 4 amide bonds. The smallest absolute Gasteiger partial charge is 0.410 e. The number of carbonyl (C=O) groups excluding carboxylic acids is 5. The maximum Gasteiger partial charge on any atom is 0.410 e. The summed E-state index contributed by atoms with van der Waals surface area (Å²) in [5.74, 6) is 0.508. The van der Waals surface area contributed by atoms with Crippen molar-refractivity contribution < 1.29 is 28.7 Å². The van der Waals surface area contributed by atoms with E-state index in [9.17, 15) is 24.0 Å². The molecule has 0 aromatic carbocycles. The highest BCUT2D eigenvalue weighted by Gasteiger charge is 2.32. The third-order valence-electron chi connectivity index (χ3n) is 7.76. The van der Waals surface area contributed by atoms with Crippen molar-refractivity contribution >= 4 is 29.6 Å². The van der Waals surface area contributed by atoms with E-state index in [0.29, 0.717) is 44.9 Å². The number of rotatable bonds is 12. The Kier molecular flexibility index (Phi) is 10.9. The first-order chi connectivity index (χ1) is 18.0. The van der Waals surface area contributed by atoms with Crippen LogP contribution in [-0.4, -0.2) is 71.2 Å². The van der Waals surface area contributed by atoms with Gasteiger partial charge in [0.25, 0.3) is 11.8 Å². The number of nitrogens with one attached hydrogen (secondary N) is 1. The normalized spacial score (nSPS) is 23.7. The predicted octanol–water partition coefficient (Wildman–Crippen LogP) is 4.00. The lowest BCUT2D eigenvalue weighted by Crippen LogP contribution is -2.38. The number of ketones is 1. The van der Waals surface area contributed by atoms with Crippen LogP contribution in [0.2, 0.25) is 0 Å². The van der Waals surface area contributed by atoms with Gasteiger partial charge in [-0.2, -0.15) is 0 Å². The summed E-state index contributed by atoms with van der Waals surface area (Å²) in [6, 6.07) is 0. The zero-order valence-corrected chi connectivity index (χ0v) is 23.3. The Balaban J connectivity index is 1.18. The largest absolute Gasteiger partial charge is 0.444 e. The molecule has 9 nitrogen and oxygen atoms in total. The second-order valence-corrected chi connectivity index (χ2v) is 12.1. The van der Waals surface area contributed by atoms with Crippen molar-refractivity contribution in [2.24, 2.45) is 17.8 Å². The van der Waals surface area contributed by atoms with Crippen LogP contribution in [0.1, 0.15) is 91.4 Å². The molecule has 1 N–H and O–H groups in total. The number of unbranched alkanes of at least 4 members (excludes halogenated alkanes) is 2. The lowest BCUT2D eigenvalue weighted by Gasteiger charge is -2.30. The number of hydrogen-bond donors (Lipinski definition) is 1. The van der Waals surface area contributed by atoms with Gasteiger partial charge in [-0.05, 0) is 84.0 Å². The zero-order valence-electron chi connectivity index (χ0n) is 23.3. The van der Waals surface area contributed by atoms with Crippen LogP contribution in [0.5, 0.6) is 0 Å². The monoisotopic (exact) mass is 531 g/mol. The summed E-state index contributed by atoms with van der Waals surface area (Å²) in [7, 11) is 0. The van der Waals surface area contributed by atoms with Crippen LogP contribution in [0.25, 0.3) is 0 Å². The van der Waals surface area contributed by atoms with Gasteiger partial charge in [0.1, 0.15) is 11.4 Å². The van der Waals surface area contributed by atoms with Crippen LogP contribution in [-0.2, 0) is 23.9 Å². The molecule has 2 aliphatic heterocycles. The fourth-order valence-corrected chi connectivity index (χ4v) is 5.51. The van der Waals surface area contributed by atoms with Crippen molar-refractivity contribution in [1.82, 2.24) is 15.1 Å². The summed E-state index contributed by atoms with van der Waals surface area (Å²) in [4.78, 5) is 63.5. The predicted molar refractivity (Wildman–Crippen MR) is 143 cm³/mol. The molecule has 212 valence electrons. The molecule has 0 unspecified atom stereocenters. The van der Waals surface area contributed by atoms with Gasteiger partial charge in [0, 0.05) is 57.1 Å². The molecule has 0 aromatic heterocycles. The number of amides is 4. The van der Waals surface area contributed by atoms with E-state index in [2.05, 4.69) is 5.32 Å². The van der Waals surface area contributed by atoms with Crippen LogP contribution in [0.3, 0.4) is 0 Å². The van der Waals surface area contributed by atoms with E-state index in [1.807, 2.05) is 20.8 Å². The molecule has 1 atom stereocenters. The minimum Gasteiger partial charge on any atom is -0.444 e. The highest BCUT2D eigenvalue weighted by Crippen LogP contribution is 2.30. The van der Waals surface area contributed by atoms with E-state index in [0.717, 1.165) is 57.8 Å². The molecule has 2 heterocycles. The summed E-state index contributed by atoms with van der Waals surface area (Å²) < 4.78 is 5.43. The molecule has 0 spiro atoms. The van der Waals surface area contributed by atoms with Gasteiger partial charge in [-0.15, -0.1) is 0 Å². The third-order valence-corrected chi connectivity index (χ3v) is 7.76. The van der Waals surface area contributed by atoms with Crippen molar-refractivity contribution in [3.8, 4) is 0 Å². The molecule has 1 aliphatic carbocycles. The van der Waals surface area contributed by atoms with Crippen molar-refractivity contribution in [2.45, 2.75) is 97.0 Å². The molecular formula is C29H45N3O6. The Morgan fingerprint density at radius 3 is 2.26 bits per heavy atom. The first-order valence-electron chi connectivity index (χ1n) is 14.3. The summed E-state index contributed by atoms with van der Waals surface area (Å²) in [5, 5.41) is 3.04. The summed E-state index contributed by atoms with van der Waals surface area (Å²) in [6.45, 7) is 8.02. The Morgan fingerprint density at radius 1 is 0.921 bits per heavy atom. The first kappa shape index (κ1) is 29.8. The number of ether oxygens (including phenoxy) is 1. The average molecular weight is 532 g/mol. The maximum absolute atomic E-state index is 12.5. The maximum atomic E-state index is 12.5. The molecule has 3 rings (SSSR count). The Hall–Kier alpha value is -2.71. The molecule has 0 bridgehead atoms. The Morgan fingerprint density at radius 2 is 1.61 bits per heavy atom. The summed E-state index contributed by atoms with van der Waals surface area (Å²) >= 11 is 0. The van der Waals surface area contributed by atoms with Crippen LogP contribution in [0, 0.1) is 17.8 Å². The molecule has 1 saturated carbocycles. The van der Waals surface area contributed by atoms with E-state index in [1.54, 1.807) is 4.90 Å². The van der Waals surface area contributed by atoms with Gasteiger partial charge in [0.2, 0.25) is 5.91 Å². The number of nitrogens with zero attached hydrogens (tertiary/aromatic N) is 2. The lowest BCUT2D eigenvalue weighted by atomic mass is 9.81. The number of carbonyl (C=O) groups is 5. The lowest BCUT2D eigenvalue weighted by molar-refractivity contribution is -0.138. The highest BCUT2D eigenvalue weighted by atomic mass is 16.6. The first-order valence-corrected chi connectivity index (χ1v) is 14.3. The fourth-order valence-electron chi connectivity index (χ4n) is 5.51. The summed E-state index contributed by atoms with van der Waals surface area (Å²) in [6.07, 6.45) is 11.1.